The summed E-state index contributed by atoms with van der Waals surface area (Å²) >= 11 is 0. The number of hydrogen-bond donors (Lipinski definition) is 1. The fourth-order valence-electron chi connectivity index (χ4n) is 3.06. The minimum atomic E-state index is 0.0139. The second kappa shape index (κ2) is 4.34. The van der Waals surface area contributed by atoms with Crippen LogP contribution in [0.15, 0.2) is 0 Å². The summed E-state index contributed by atoms with van der Waals surface area (Å²) < 4.78 is 0. The molecule has 0 aliphatic carbocycles. The third kappa shape index (κ3) is 1.96. The Hall–Kier alpha value is -0.610. The van der Waals surface area contributed by atoms with Crippen LogP contribution in [0.2, 0.25) is 0 Å². The van der Waals surface area contributed by atoms with E-state index in [9.17, 15) is 4.79 Å². The first-order chi connectivity index (χ1) is 7.50. The predicted molar refractivity (Wildman–Crippen MR) is 64.0 cm³/mol. The molecule has 0 bridgehead atoms. The van der Waals surface area contributed by atoms with Crippen LogP contribution in [0.1, 0.15) is 33.6 Å². The maximum atomic E-state index is 12.2. The standard InChI is InChI=1S/C12H23N3O/c1-8-4-5-9(2)15(8)10(3)12(16)14-6-11(13)7-14/h8-11H,4-7,13H2,1-3H3. The molecular formula is C12H23N3O. The van der Waals surface area contributed by atoms with Gasteiger partial charge in [-0.3, -0.25) is 9.69 Å². The highest BCUT2D eigenvalue weighted by Crippen LogP contribution is 2.27. The van der Waals surface area contributed by atoms with Gasteiger partial charge in [0.2, 0.25) is 5.91 Å². The minimum absolute atomic E-state index is 0.0139. The molecule has 4 nitrogen and oxygen atoms in total. The van der Waals surface area contributed by atoms with Gasteiger partial charge < -0.3 is 10.6 Å². The average Bonchev–Trinajstić information content (AvgIpc) is 2.52. The lowest BCUT2D eigenvalue weighted by Crippen LogP contribution is -2.62. The SMILES string of the molecule is CC1CCC(C)N1C(C)C(=O)N1CC(N)C1. The summed E-state index contributed by atoms with van der Waals surface area (Å²) in [4.78, 5) is 16.4. The molecule has 0 spiro atoms. The van der Waals surface area contributed by atoms with Crippen molar-refractivity contribution in [1.82, 2.24) is 9.80 Å². The van der Waals surface area contributed by atoms with E-state index in [1.165, 1.54) is 12.8 Å². The third-order valence-electron chi connectivity index (χ3n) is 4.05. The Morgan fingerprint density at radius 1 is 1.25 bits per heavy atom. The van der Waals surface area contributed by atoms with Crippen LogP contribution in [0.3, 0.4) is 0 Å². The molecule has 92 valence electrons. The Labute approximate surface area is 97.8 Å². The van der Waals surface area contributed by atoms with Crippen molar-refractivity contribution in [1.29, 1.82) is 0 Å². The van der Waals surface area contributed by atoms with Gasteiger partial charge in [-0.05, 0) is 33.6 Å². The van der Waals surface area contributed by atoms with Crippen molar-refractivity contribution in [3.63, 3.8) is 0 Å². The zero-order valence-corrected chi connectivity index (χ0v) is 10.5. The monoisotopic (exact) mass is 225 g/mol. The number of carbonyl (C=O) groups is 1. The van der Waals surface area contributed by atoms with Crippen molar-refractivity contribution in [2.24, 2.45) is 5.73 Å². The number of rotatable bonds is 2. The van der Waals surface area contributed by atoms with Crippen molar-refractivity contribution in [3.8, 4) is 0 Å². The number of hydrogen-bond acceptors (Lipinski definition) is 3. The first kappa shape index (κ1) is 11.9. The molecule has 2 saturated heterocycles. The molecule has 2 aliphatic heterocycles. The highest BCUT2D eigenvalue weighted by molar-refractivity contribution is 5.82. The molecular weight excluding hydrogens is 202 g/mol. The Kier molecular flexibility index (Phi) is 3.22. The van der Waals surface area contributed by atoms with E-state index in [-0.39, 0.29) is 18.0 Å². The number of nitrogens with zero attached hydrogens (tertiary/aromatic N) is 2. The average molecular weight is 225 g/mol. The molecule has 2 fully saturated rings. The molecule has 0 saturated carbocycles. The highest BCUT2D eigenvalue weighted by atomic mass is 16.2. The van der Waals surface area contributed by atoms with E-state index in [0.29, 0.717) is 12.1 Å². The minimum Gasteiger partial charge on any atom is -0.338 e. The van der Waals surface area contributed by atoms with Crippen LogP contribution in [0, 0.1) is 0 Å². The Morgan fingerprint density at radius 3 is 2.19 bits per heavy atom. The second-order valence-electron chi connectivity index (χ2n) is 5.40. The summed E-state index contributed by atoms with van der Waals surface area (Å²) in [5.41, 5.74) is 5.71. The zero-order chi connectivity index (χ0) is 11.9. The van der Waals surface area contributed by atoms with Gasteiger partial charge in [-0.1, -0.05) is 0 Å². The summed E-state index contributed by atoms with van der Waals surface area (Å²) in [7, 11) is 0. The van der Waals surface area contributed by atoms with E-state index in [1.807, 2.05) is 11.8 Å². The molecule has 0 aromatic carbocycles. The number of nitrogens with two attached hydrogens (primary N) is 1. The van der Waals surface area contributed by atoms with Crippen LogP contribution >= 0.6 is 0 Å². The van der Waals surface area contributed by atoms with Gasteiger partial charge in [0.1, 0.15) is 0 Å². The molecule has 0 aromatic rings. The Bertz CT molecular complexity index is 265. The van der Waals surface area contributed by atoms with Crippen LogP contribution in [-0.2, 0) is 4.79 Å². The predicted octanol–water partition coefficient (Wildman–Crippen LogP) is 0.417. The lowest BCUT2D eigenvalue weighted by atomic mass is 10.1. The molecule has 16 heavy (non-hydrogen) atoms. The smallest absolute Gasteiger partial charge is 0.239 e. The molecule has 2 heterocycles. The summed E-state index contributed by atoms with van der Waals surface area (Å²) in [5.74, 6) is 0.252. The van der Waals surface area contributed by atoms with E-state index < -0.39 is 0 Å². The number of likely N-dealkylation sites (tertiary alicyclic amines) is 2. The van der Waals surface area contributed by atoms with E-state index in [4.69, 9.17) is 5.73 Å². The van der Waals surface area contributed by atoms with Gasteiger partial charge in [0, 0.05) is 31.2 Å². The van der Waals surface area contributed by atoms with Gasteiger partial charge in [0.25, 0.3) is 0 Å². The van der Waals surface area contributed by atoms with Gasteiger partial charge in [-0.25, -0.2) is 0 Å². The topological polar surface area (TPSA) is 49.6 Å². The van der Waals surface area contributed by atoms with E-state index in [1.54, 1.807) is 0 Å². The molecule has 3 unspecified atom stereocenters. The number of amides is 1. The Balaban J connectivity index is 1.96. The fourth-order valence-corrected chi connectivity index (χ4v) is 3.06. The first-order valence-corrected chi connectivity index (χ1v) is 6.32. The molecule has 2 rings (SSSR count). The van der Waals surface area contributed by atoms with Gasteiger partial charge >= 0.3 is 0 Å². The highest BCUT2D eigenvalue weighted by Gasteiger charge is 2.38. The largest absolute Gasteiger partial charge is 0.338 e. The molecule has 0 aromatic heterocycles. The van der Waals surface area contributed by atoms with Gasteiger partial charge in [-0.2, -0.15) is 0 Å². The van der Waals surface area contributed by atoms with Crippen molar-refractivity contribution < 1.29 is 4.79 Å². The van der Waals surface area contributed by atoms with Crippen molar-refractivity contribution in [2.45, 2.75) is 57.8 Å². The summed E-state index contributed by atoms with van der Waals surface area (Å²) in [6.45, 7) is 7.94. The second-order valence-corrected chi connectivity index (χ2v) is 5.40. The quantitative estimate of drug-likeness (QED) is 0.741. The Morgan fingerprint density at radius 2 is 1.75 bits per heavy atom. The molecule has 1 amide bonds. The van der Waals surface area contributed by atoms with Crippen molar-refractivity contribution in [3.05, 3.63) is 0 Å². The summed E-state index contributed by atoms with van der Waals surface area (Å²) in [6, 6.07) is 1.28. The summed E-state index contributed by atoms with van der Waals surface area (Å²) in [5, 5.41) is 0. The van der Waals surface area contributed by atoms with E-state index in [2.05, 4.69) is 18.7 Å². The first-order valence-electron chi connectivity index (χ1n) is 6.32. The van der Waals surface area contributed by atoms with Gasteiger partial charge in [0.15, 0.2) is 0 Å². The van der Waals surface area contributed by atoms with Gasteiger partial charge in [-0.15, -0.1) is 0 Å². The van der Waals surface area contributed by atoms with Gasteiger partial charge in [0.05, 0.1) is 6.04 Å². The van der Waals surface area contributed by atoms with Crippen LogP contribution in [0.25, 0.3) is 0 Å². The molecule has 4 heteroatoms. The maximum Gasteiger partial charge on any atom is 0.239 e. The normalized spacial score (nSPS) is 33.9. The molecule has 3 atom stereocenters. The maximum absolute atomic E-state index is 12.2. The van der Waals surface area contributed by atoms with E-state index >= 15 is 0 Å². The lowest BCUT2D eigenvalue weighted by molar-refractivity contribution is -0.141. The van der Waals surface area contributed by atoms with E-state index in [0.717, 1.165) is 13.1 Å². The number of carbonyl (C=O) groups excluding carboxylic acids is 1. The van der Waals surface area contributed by atoms with Crippen LogP contribution in [0.4, 0.5) is 0 Å². The molecule has 2 N–H and O–H groups in total. The summed E-state index contributed by atoms with van der Waals surface area (Å²) in [6.07, 6.45) is 2.41. The zero-order valence-electron chi connectivity index (χ0n) is 10.5. The third-order valence-corrected chi connectivity index (χ3v) is 4.05. The fraction of sp³-hybridized carbons (Fsp3) is 0.917. The lowest BCUT2D eigenvalue weighted by Gasteiger charge is -2.41. The van der Waals surface area contributed by atoms with Crippen molar-refractivity contribution in [2.75, 3.05) is 13.1 Å². The van der Waals surface area contributed by atoms with Crippen LogP contribution < -0.4 is 5.73 Å². The molecule has 2 aliphatic rings. The van der Waals surface area contributed by atoms with Crippen LogP contribution in [0.5, 0.6) is 0 Å². The molecule has 0 radical (unpaired) electrons. The van der Waals surface area contributed by atoms with Crippen LogP contribution in [-0.4, -0.2) is 53.0 Å². The van der Waals surface area contributed by atoms with Crippen molar-refractivity contribution >= 4 is 5.91 Å².